The minimum Gasteiger partial charge on any atom is -0.462 e. The van der Waals surface area contributed by atoms with Crippen LogP contribution in [0.15, 0.2) is 60.8 Å². The zero-order valence-corrected chi connectivity index (χ0v) is 34.2. The van der Waals surface area contributed by atoms with E-state index in [1.54, 1.807) is 0 Å². The summed E-state index contributed by atoms with van der Waals surface area (Å²) in [7, 11) is 0. The van der Waals surface area contributed by atoms with Crippen molar-refractivity contribution in [3.63, 3.8) is 0 Å². The number of aliphatic hydroxyl groups is 4. The minimum absolute atomic E-state index is 0.196. The third kappa shape index (κ3) is 27.6. The topological polar surface area (TPSA) is 152 Å². The van der Waals surface area contributed by atoms with Crippen LogP contribution in [0, 0.1) is 0 Å². The van der Waals surface area contributed by atoms with Crippen LogP contribution >= 0.6 is 0 Å². The van der Waals surface area contributed by atoms with E-state index in [1.807, 2.05) is 6.08 Å². The molecule has 1 saturated heterocycles. The number of carbonyl (C=O) groups is 2. The highest BCUT2D eigenvalue weighted by Crippen LogP contribution is 2.22. The number of aliphatic hydroxyl groups excluding tert-OH is 4. The number of esters is 2. The lowest BCUT2D eigenvalue weighted by Gasteiger charge is -2.39. The molecule has 1 rings (SSSR count). The van der Waals surface area contributed by atoms with Gasteiger partial charge in [-0.15, -0.1) is 0 Å². The van der Waals surface area contributed by atoms with Gasteiger partial charge in [-0.05, 0) is 51.4 Å². The number of ether oxygens (including phenoxy) is 4. The van der Waals surface area contributed by atoms with Crippen LogP contribution in [0.2, 0.25) is 0 Å². The first-order chi connectivity index (χ1) is 26.8. The molecular weight excluding hydrogens is 700 g/mol. The van der Waals surface area contributed by atoms with Crippen molar-refractivity contribution in [1.82, 2.24) is 0 Å². The molecule has 10 nitrogen and oxygen atoms in total. The second-order valence-corrected chi connectivity index (χ2v) is 14.4. The highest BCUT2D eigenvalue weighted by Gasteiger charge is 2.44. The van der Waals surface area contributed by atoms with Gasteiger partial charge < -0.3 is 39.4 Å². The fourth-order valence-corrected chi connectivity index (χ4v) is 6.05. The average Bonchev–Trinajstić information content (AvgIpc) is 3.18. The molecule has 0 amide bonds. The van der Waals surface area contributed by atoms with Crippen LogP contribution in [0.3, 0.4) is 0 Å². The predicted molar refractivity (Wildman–Crippen MR) is 219 cm³/mol. The van der Waals surface area contributed by atoms with Gasteiger partial charge >= 0.3 is 11.9 Å². The van der Waals surface area contributed by atoms with Crippen LogP contribution in [0.5, 0.6) is 0 Å². The van der Waals surface area contributed by atoms with Gasteiger partial charge in [-0.2, -0.15) is 0 Å². The first kappa shape index (κ1) is 50.4. The molecule has 1 aliphatic rings. The van der Waals surface area contributed by atoms with Crippen molar-refractivity contribution < 1.29 is 49.0 Å². The van der Waals surface area contributed by atoms with E-state index in [4.69, 9.17) is 18.9 Å². The molecule has 0 aromatic heterocycles. The molecule has 55 heavy (non-hydrogen) atoms. The van der Waals surface area contributed by atoms with Crippen molar-refractivity contribution in [3.8, 4) is 0 Å². The van der Waals surface area contributed by atoms with E-state index in [0.717, 1.165) is 57.8 Å². The largest absolute Gasteiger partial charge is 0.462 e. The van der Waals surface area contributed by atoms with E-state index < -0.39 is 55.4 Å². The summed E-state index contributed by atoms with van der Waals surface area (Å²) in [5, 5.41) is 40.0. The van der Waals surface area contributed by atoms with Crippen molar-refractivity contribution in [2.45, 2.75) is 192 Å². The van der Waals surface area contributed by atoms with Gasteiger partial charge in [-0.1, -0.05) is 152 Å². The van der Waals surface area contributed by atoms with Crippen LogP contribution in [-0.4, -0.2) is 89.0 Å². The zero-order valence-electron chi connectivity index (χ0n) is 34.2. The second kappa shape index (κ2) is 35.8. The fourth-order valence-electron chi connectivity index (χ4n) is 6.05. The fraction of sp³-hybridized carbons (Fsp3) is 0.733. The number of hydrogen-bond donors (Lipinski definition) is 4. The molecule has 0 aromatic rings. The maximum atomic E-state index is 12.7. The van der Waals surface area contributed by atoms with Gasteiger partial charge in [-0.3, -0.25) is 9.59 Å². The molecule has 0 aliphatic carbocycles. The molecule has 1 fully saturated rings. The lowest BCUT2D eigenvalue weighted by Crippen LogP contribution is -2.59. The molecular formula is C45H76O10. The number of rotatable bonds is 34. The van der Waals surface area contributed by atoms with Crippen LogP contribution in [-0.2, 0) is 28.5 Å². The Bertz CT molecular complexity index is 1080. The van der Waals surface area contributed by atoms with Gasteiger partial charge in [0.1, 0.15) is 31.0 Å². The van der Waals surface area contributed by atoms with E-state index in [0.29, 0.717) is 12.8 Å². The molecule has 0 aromatic carbocycles. The van der Waals surface area contributed by atoms with Crippen molar-refractivity contribution in [2.24, 2.45) is 0 Å². The van der Waals surface area contributed by atoms with E-state index in [2.05, 4.69) is 68.5 Å². The summed E-state index contributed by atoms with van der Waals surface area (Å²) in [6.45, 7) is 3.24. The van der Waals surface area contributed by atoms with E-state index in [1.165, 1.54) is 57.8 Å². The number of hydrogen-bond acceptors (Lipinski definition) is 10. The smallest absolute Gasteiger partial charge is 0.306 e. The highest BCUT2D eigenvalue weighted by atomic mass is 16.7. The Morgan fingerprint density at radius 2 is 1.07 bits per heavy atom. The monoisotopic (exact) mass is 777 g/mol. The van der Waals surface area contributed by atoms with Gasteiger partial charge in [0.2, 0.25) is 0 Å². The first-order valence-corrected chi connectivity index (χ1v) is 21.4. The summed E-state index contributed by atoms with van der Waals surface area (Å²) in [5.74, 6) is -0.877. The number of carbonyl (C=O) groups excluding carboxylic acids is 2. The van der Waals surface area contributed by atoms with Crippen LogP contribution < -0.4 is 0 Å². The van der Waals surface area contributed by atoms with E-state index in [9.17, 15) is 30.0 Å². The second-order valence-electron chi connectivity index (χ2n) is 14.4. The van der Waals surface area contributed by atoms with Crippen molar-refractivity contribution in [1.29, 1.82) is 0 Å². The van der Waals surface area contributed by atoms with Gasteiger partial charge in [0.15, 0.2) is 12.4 Å². The van der Waals surface area contributed by atoms with Crippen molar-refractivity contribution in [3.05, 3.63) is 60.8 Å². The number of allylic oxidation sites excluding steroid dienone is 10. The SMILES string of the molecule is CC/C=C/C/C=C/C/C=C/C/C=C/C/C=C/CCCC(=O)OC[C@@H](CO[C@H]1O[C@@H](CO)[C@@H](O)C(O)C1O)OC(=O)CCCCCCCCCCCCCCC. The lowest BCUT2D eigenvalue weighted by atomic mass is 9.99. The van der Waals surface area contributed by atoms with Gasteiger partial charge in [0, 0.05) is 12.8 Å². The molecule has 6 atom stereocenters. The number of unbranched alkanes of at least 4 members (excludes halogenated alkanes) is 13. The molecule has 0 spiro atoms. The van der Waals surface area contributed by atoms with E-state index in [-0.39, 0.29) is 26.1 Å². The molecule has 0 radical (unpaired) electrons. The van der Waals surface area contributed by atoms with Crippen LogP contribution in [0.1, 0.15) is 155 Å². The Morgan fingerprint density at radius 1 is 0.582 bits per heavy atom. The first-order valence-electron chi connectivity index (χ1n) is 21.4. The summed E-state index contributed by atoms with van der Waals surface area (Å²) in [6.07, 6.45) is 35.2. The van der Waals surface area contributed by atoms with Crippen LogP contribution in [0.25, 0.3) is 0 Å². The third-order valence-electron chi connectivity index (χ3n) is 9.42. The van der Waals surface area contributed by atoms with Gasteiger partial charge in [0.25, 0.3) is 0 Å². The molecule has 316 valence electrons. The quantitative estimate of drug-likeness (QED) is 0.0284. The third-order valence-corrected chi connectivity index (χ3v) is 9.42. The highest BCUT2D eigenvalue weighted by molar-refractivity contribution is 5.70. The summed E-state index contributed by atoms with van der Waals surface area (Å²) in [6, 6.07) is 0. The van der Waals surface area contributed by atoms with Gasteiger partial charge in [0.05, 0.1) is 13.2 Å². The predicted octanol–water partition coefficient (Wildman–Crippen LogP) is 8.66. The summed E-state index contributed by atoms with van der Waals surface area (Å²) >= 11 is 0. The summed E-state index contributed by atoms with van der Waals surface area (Å²) in [5.41, 5.74) is 0. The molecule has 4 N–H and O–H groups in total. The lowest BCUT2D eigenvalue weighted by molar-refractivity contribution is -0.305. The minimum atomic E-state index is -1.60. The molecule has 1 heterocycles. The summed E-state index contributed by atoms with van der Waals surface area (Å²) in [4.78, 5) is 25.2. The van der Waals surface area contributed by atoms with Crippen LogP contribution in [0.4, 0.5) is 0 Å². The Hall–Kier alpha value is -2.60. The standard InChI is InChI=1S/C45H76O10/c1-3-5-7-9-11-13-15-17-18-19-20-22-23-25-27-29-31-33-40(47)52-36-38(37-53-45-44(51)43(50)42(49)39(35-46)55-45)54-41(48)34-32-30-28-26-24-21-16-14-12-10-8-6-4-2/h5,7,11,13,17-18,20,22,25,27,38-39,42-46,49-51H,3-4,6,8-10,12,14-16,19,21,23-24,26,28-37H2,1-2H3/b7-5+,13-11+,18-17+,22-20+,27-25+/t38-,39-,42+,43?,44?,45-/m0/s1. The molecule has 0 bridgehead atoms. The van der Waals surface area contributed by atoms with Crippen molar-refractivity contribution in [2.75, 3.05) is 19.8 Å². The molecule has 0 saturated carbocycles. The Morgan fingerprint density at radius 3 is 1.60 bits per heavy atom. The molecule has 10 heteroatoms. The summed E-state index contributed by atoms with van der Waals surface area (Å²) < 4.78 is 22.1. The van der Waals surface area contributed by atoms with Gasteiger partial charge in [-0.25, -0.2) is 0 Å². The Balaban J connectivity index is 2.40. The average molecular weight is 777 g/mol. The molecule has 1 aliphatic heterocycles. The zero-order chi connectivity index (χ0) is 40.2. The normalized spacial score (nSPS) is 21.2. The van der Waals surface area contributed by atoms with Crippen molar-refractivity contribution >= 4 is 11.9 Å². The molecule has 2 unspecified atom stereocenters. The maximum Gasteiger partial charge on any atom is 0.306 e. The Kier molecular flexibility index (Phi) is 32.8. The van der Waals surface area contributed by atoms with E-state index >= 15 is 0 Å². The Labute approximate surface area is 332 Å². The maximum absolute atomic E-state index is 12.7.